The van der Waals surface area contributed by atoms with Crippen molar-refractivity contribution in [3.05, 3.63) is 82.2 Å². The van der Waals surface area contributed by atoms with Crippen LogP contribution in [0, 0.1) is 5.82 Å². The molecule has 3 aromatic rings. The van der Waals surface area contributed by atoms with Crippen LogP contribution in [-0.4, -0.2) is 29.2 Å². The van der Waals surface area contributed by atoms with Gasteiger partial charge >= 0.3 is 5.69 Å². The maximum atomic E-state index is 13.0. The van der Waals surface area contributed by atoms with Crippen molar-refractivity contribution in [2.24, 2.45) is 5.10 Å². The molecule has 0 fully saturated rings. The van der Waals surface area contributed by atoms with E-state index in [0.717, 1.165) is 5.56 Å². The van der Waals surface area contributed by atoms with Crippen molar-refractivity contribution in [2.45, 2.75) is 0 Å². The molecule has 0 atom stereocenters. The first-order chi connectivity index (χ1) is 13.0. The van der Waals surface area contributed by atoms with Crippen LogP contribution in [0.25, 0.3) is 11.3 Å². The minimum atomic E-state index is -0.696. The van der Waals surface area contributed by atoms with Gasteiger partial charge in [0.1, 0.15) is 17.3 Å². The summed E-state index contributed by atoms with van der Waals surface area (Å²) < 4.78 is 18.1. The van der Waals surface area contributed by atoms with Crippen molar-refractivity contribution in [2.75, 3.05) is 7.11 Å². The lowest BCUT2D eigenvalue weighted by Gasteiger charge is -2.04. The fourth-order valence-corrected chi connectivity index (χ4v) is 2.30. The van der Waals surface area contributed by atoms with E-state index in [-0.39, 0.29) is 11.4 Å². The Hall–Kier alpha value is -3.81. The van der Waals surface area contributed by atoms with Crippen LogP contribution in [-0.2, 0) is 0 Å². The van der Waals surface area contributed by atoms with Crippen molar-refractivity contribution in [3.8, 4) is 17.0 Å². The van der Waals surface area contributed by atoms with E-state index in [1.54, 1.807) is 31.4 Å². The van der Waals surface area contributed by atoms with E-state index in [1.807, 2.05) is 0 Å². The highest BCUT2D eigenvalue weighted by molar-refractivity contribution is 5.93. The number of aromatic amines is 1. The minimum absolute atomic E-state index is 0.0166. The number of hydrogen-bond donors (Lipinski definition) is 2. The average Bonchev–Trinajstić information content (AvgIpc) is 2.68. The van der Waals surface area contributed by atoms with Crippen LogP contribution in [0.15, 0.2) is 64.5 Å². The molecule has 0 unspecified atom stereocenters. The van der Waals surface area contributed by atoms with Crippen LogP contribution in [0.1, 0.15) is 16.1 Å². The summed E-state index contributed by atoms with van der Waals surface area (Å²) in [4.78, 5) is 30.1. The van der Waals surface area contributed by atoms with E-state index >= 15 is 0 Å². The summed E-state index contributed by atoms with van der Waals surface area (Å²) in [5, 5.41) is 3.86. The van der Waals surface area contributed by atoms with Crippen LogP contribution in [0.3, 0.4) is 0 Å². The van der Waals surface area contributed by atoms with Gasteiger partial charge in [0.05, 0.1) is 19.0 Å². The Bertz CT molecular complexity index is 1050. The van der Waals surface area contributed by atoms with Gasteiger partial charge in [-0.15, -0.1) is 0 Å². The molecular weight excluding hydrogens is 351 g/mol. The number of amides is 1. The first kappa shape index (κ1) is 18.0. The number of nitrogens with zero attached hydrogens (tertiary/aromatic N) is 2. The van der Waals surface area contributed by atoms with E-state index in [2.05, 4.69) is 20.5 Å². The number of hydrogen-bond acceptors (Lipinski definition) is 5. The molecule has 1 heterocycles. The third-order valence-corrected chi connectivity index (χ3v) is 3.60. The number of hydrazone groups is 1. The number of nitrogens with one attached hydrogen (secondary N) is 2. The second-order valence-electron chi connectivity index (χ2n) is 5.47. The molecule has 7 nitrogen and oxygen atoms in total. The highest BCUT2D eigenvalue weighted by Gasteiger charge is 2.10. The maximum Gasteiger partial charge on any atom is 0.346 e. The zero-order valence-electron chi connectivity index (χ0n) is 14.3. The lowest BCUT2D eigenvalue weighted by molar-refractivity contribution is 0.0949. The van der Waals surface area contributed by atoms with Gasteiger partial charge in [0.15, 0.2) is 0 Å². The highest BCUT2D eigenvalue weighted by atomic mass is 19.1. The Morgan fingerprint density at radius 1 is 1.22 bits per heavy atom. The molecule has 0 radical (unpaired) electrons. The third-order valence-electron chi connectivity index (χ3n) is 3.60. The number of benzene rings is 2. The smallest absolute Gasteiger partial charge is 0.346 e. The Morgan fingerprint density at radius 3 is 2.74 bits per heavy atom. The van der Waals surface area contributed by atoms with Gasteiger partial charge < -0.3 is 9.72 Å². The predicted molar refractivity (Wildman–Crippen MR) is 98.3 cm³/mol. The van der Waals surface area contributed by atoms with Crippen LogP contribution in [0.2, 0.25) is 0 Å². The minimum Gasteiger partial charge on any atom is -0.497 e. The lowest BCUT2D eigenvalue weighted by Crippen LogP contribution is -2.24. The zero-order chi connectivity index (χ0) is 19.2. The van der Waals surface area contributed by atoms with E-state index in [1.165, 1.54) is 36.5 Å². The molecule has 0 spiro atoms. The Morgan fingerprint density at radius 2 is 2.00 bits per heavy atom. The first-order valence-corrected chi connectivity index (χ1v) is 7.90. The molecule has 1 aromatic heterocycles. The van der Waals surface area contributed by atoms with E-state index < -0.39 is 17.4 Å². The van der Waals surface area contributed by atoms with Gasteiger partial charge in [-0.25, -0.2) is 14.6 Å². The molecule has 2 aromatic carbocycles. The van der Waals surface area contributed by atoms with Crippen LogP contribution < -0.4 is 15.9 Å². The lowest BCUT2D eigenvalue weighted by atomic mass is 10.1. The van der Waals surface area contributed by atoms with Crippen molar-refractivity contribution in [1.82, 2.24) is 15.4 Å². The number of halogens is 1. The van der Waals surface area contributed by atoms with Gasteiger partial charge in [-0.2, -0.15) is 10.1 Å². The van der Waals surface area contributed by atoms with Crippen molar-refractivity contribution in [1.29, 1.82) is 0 Å². The largest absolute Gasteiger partial charge is 0.497 e. The topological polar surface area (TPSA) is 96.4 Å². The Kier molecular flexibility index (Phi) is 5.36. The molecule has 136 valence electrons. The molecule has 0 aliphatic rings. The van der Waals surface area contributed by atoms with E-state index in [4.69, 9.17) is 4.74 Å². The molecule has 2 N–H and O–H groups in total. The number of carbonyl (C=O) groups excluding carboxylic acids is 1. The van der Waals surface area contributed by atoms with Crippen LogP contribution in [0.5, 0.6) is 5.75 Å². The second kappa shape index (κ2) is 8.05. The van der Waals surface area contributed by atoms with Gasteiger partial charge in [-0.3, -0.25) is 4.79 Å². The summed E-state index contributed by atoms with van der Waals surface area (Å²) in [6.07, 6.45) is 1.45. The molecule has 0 aliphatic heterocycles. The molecule has 0 saturated heterocycles. The number of carbonyl (C=O) groups is 1. The average molecular weight is 366 g/mol. The van der Waals surface area contributed by atoms with Gasteiger partial charge in [-0.05, 0) is 48.0 Å². The summed E-state index contributed by atoms with van der Waals surface area (Å²) in [5.41, 5.74) is 3.11. The van der Waals surface area contributed by atoms with Gasteiger partial charge in [-0.1, -0.05) is 12.1 Å². The molecule has 27 heavy (non-hydrogen) atoms. The fraction of sp³-hybridized carbons (Fsp3) is 0.0526. The van der Waals surface area contributed by atoms with Crippen LogP contribution in [0.4, 0.5) is 4.39 Å². The van der Waals surface area contributed by atoms with Crippen molar-refractivity contribution < 1.29 is 13.9 Å². The zero-order valence-corrected chi connectivity index (χ0v) is 14.3. The molecule has 0 saturated carbocycles. The van der Waals surface area contributed by atoms with E-state index in [9.17, 15) is 14.0 Å². The molecule has 8 heteroatoms. The highest BCUT2D eigenvalue weighted by Crippen LogP contribution is 2.16. The van der Waals surface area contributed by atoms with Gasteiger partial charge in [0, 0.05) is 5.56 Å². The summed E-state index contributed by atoms with van der Waals surface area (Å²) in [7, 11) is 1.55. The first-order valence-electron chi connectivity index (χ1n) is 7.90. The molecule has 0 aliphatic carbocycles. The fourth-order valence-electron chi connectivity index (χ4n) is 2.30. The molecule has 3 rings (SSSR count). The Balaban J connectivity index is 1.77. The van der Waals surface area contributed by atoms with Crippen molar-refractivity contribution in [3.63, 3.8) is 0 Å². The summed E-state index contributed by atoms with van der Waals surface area (Å²) in [5.74, 6) is -0.363. The van der Waals surface area contributed by atoms with E-state index in [0.29, 0.717) is 11.3 Å². The number of ether oxygens (including phenoxy) is 1. The number of H-pyrrole nitrogens is 1. The molecule has 1 amide bonds. The third kappa shape index (κ3) is 4.63. The summed E-state index contributed by atoms with van der Waals surface area (Å²) in [6, 6.07) is 13.9. The van der Waals surface area contributed by atoms with Crippen LogP contribution >= 0.6 is 0 Å². The van der Waals surface area contributed by atoms with Gasteiger partial charge in [0.2, 0.25) is 0 Å². The summed E-state index contributed by atoms with van der Waals surface area (Å²) >= 11 is 0. The number of aromatic nitrogens is 2. The number of rotatable bonds is 5. The normalized spacial score (nSPS) is 10.7. The maximum absolute atomic E-state index is 13.0. The number of methoxy groups -OCH3 is 1. The predicted octanol–water partition coefficient (Wildman–Crippen LogP) is 2.35. The quantitative estimate of drug-likeness (QED) is 0.535. The summed E-state index contributed by atoms with van der Waals surface area (Å²) in [6.45, 7) is 0. The second-order valence-corrected chi connectivity index (χ2v) is 5.47. The molecule has 0 bridgehead atoms. The SMILES string of the molecule is COc1cccc(/C=N/NC(=O)c2cc(-c3ccc(F)cc3)nc(=O)[nH]2)c1. The monoisotopic (exact) mass is 366 g/mol. The standard InChI is InChI=1S/C19H15FN4O3/c1-27-15-4-2-3-12(9-15)11-21-24-18(25)17-10-16(22-19(26)23-17)13-5-7-14(20)8-6-13/h2-11H,1H3,(H,24,25)(H,22,23,26)/b21-11+. The van der Waals surface area contributed by atoms with Crippen molar-refractivity contribution >= 4 is 12.1 Å². The molecular formula is C19H15FN4O3. The van der Waals surface area contributed by atoms with Gasteiger partial charge in [0.25, 0.3) is 5.91 Å². The Labute approximate surface area is 153 Å².